The van der Waals surface area contributed by atoms with Gasteiger partial charge in [0, 0.05) is 36.7 Å². The summed E-state index contributed by atoms with van der Waals surface area (Å²) in [6, 6.07) is 9.87. The Morgan fingerprint density at radius 1 is 1.19 bits per heavy atom. The Kier molecular flexibility index (Phi) is 5.96. The number of pyridine rings is 1. The minimum absolute atomic E-state index is 0.194. The summed E-state index contributed by atoms with van der Waals surface area (Å²) in [4.78, 5) is 16.0. The molecular formula is C18H18FN5OS. The molecule has 0 aliphatic rings. The molecule has 0 bridgehead atoms. The van der Waals surface area contributed by atoms with Gasteiger partial charge in [-0.2, -0.15) is 0 Å². The van der Waals surface area contributed by atoms with E-state index < -0.39 is 5.82 Å². The number of thioether (sulfide) groups is 1. The maximum Gasteiger partial charge on any atom is 0.225 e. The van der Waals surface area contributed by atoms with Crippen molar-refractivity contribution in [2.75, 3.05) is 11.1 Å². The van der Waals surface area contributed by atoms with Gasteiger partial charge in [0.2, 0.25) is 5.91 Å². The lowest BCUT2D eigenvalue weighted by molar-refractivity contribution is -0.115. The molecule has 0 aliphatic carbocycles. The number of anilines is 1. The molecule has 0 atom stereocenters. The van der Waals surface area contributed by atoms with E-state index in [4.69, 9.17) is 0 Å². The van der Waals surface area contributed by atoms with E-state index in [9.17, 15) is 9.18 Å². The monoisotopic (exact) mass is 371 g/mol. The van der Waals surface area contributed by atoms with E-state index in [-0.39, 0.29) is 18.0 Å². The topological polar surface area (TPSA) is 72.7 Å². The normalized spacial score (nSPS) is 10.7. The lowest BCUT2D eigenvalue weighted by Gasteiger charge is -2.08. The lowest BCUT2D eigenvalue weighted by Crippen LogP contribution is -2.13. The van der Waals surface area contributed by atoms with Crippen LogP contribution in [0.5, 0.6) is 0 Å². The van der Waals surface area contributed by atoms with Crippen LogP contribution in [0.4, 0.5) is 10.1 Å². The van der Waals surface area contributed by atoms with Gasteiger partial charge in [0.25, 0.3) is 0 Å². The molecule has 6 nitrogen and oxygen atoms in total. The van der Waals surface area contributed by atoms with Crippen molar-refractivity contribution in [3.05, 3.63) is 54.6 Å². The first-order chi connectivity index (χ1) is 12.7. The quantitative estimate of drug-likeness (QED) is 0.642. The van der Waals surface area contributed by atoms with Crippen LogP contribution in [0.1, 0.15) is 13.3 Å². The van der Waals surface area contributed by atoms with E-state index in [2.05, 4.69) is 20.5 Å². The van der Waals surface area contributed by atoms with Crippen LogP contribution in [0.2, 0.25) is 0 Å². The molecule has 0 saturated carbocycles. The first kappa shape index (κ1) is 18.1. The van der Waals surface area contributed by atoms with Crippen LogP contribution in [0.15, 0.2) is 53.9 Å². The molecule has 0 radical (unpaired) electrons. The average molecular weight is 371 g/mol. The highest BCUT2D eigenvalue weighted by Crippen LogP contribution is 2.24. The second-order valence-corrected chi connectivity index (χ2v) is 6.47. The van der Waals surface area contributed by atoms with Crippen molar-refractivity contribution in [1.29, 1.82) is 0 Å². The van der Waals surface area contributed by atoms with Gasteiger partial charge in [0.05, 0.1) is 5.69 Å². The molecule has 0 aliphatic heterocycles. The van der Waals surface area contributed by atoms with Crippen molar-refractivity contribution in [2.45, 2.75) is 25.0 Å². The van der Waals surface area contributed by atoms with Crippen LogP contribution < -0.4 is 5.32 Å². The molecule has 1 amide bonds. The van der Waals surface area contributed by atoms with E-state index in [1.165, 1.54) is 23.9 Å². The van der Waals surface area contributed by atoms with Gasteiger partial charge in [-0.3, -0.25) is 9.78 Å². The molecule has 134 valence electrons. The third kappa shape index (κ3) is 4.26. The summed E-state index contributed by atoms with van der Waals surface area (Å²) in [7, 11) is 0. The zero-order valence-corrected chi connectivity index (χ0v) is 15.0. The van der Waals surface area contributed by atoms with E-state index in [0.717, 1.165) is 16.5 Å². The van der Waals surface area contributed by atoms with Crippen LogP contribution in [-0.2, 0) is 11.3 Å². The van der Waals surface area contributed by atoms with E-state index in [1.54, 1.807) is 24.5 Å². The molecule has 8 heteroatoms. The Balaban J connectivity index is 1.59. The van der Waals surface area contributed by atoms with Gasteiger partial charge < -0.3 is 9.88 Å². The molecule has 3 rings (SSSR count). The van der Waals surface area contributed by atoms with Gasteiger partial charge in [-0.25, -0.2) is 4.39 Å². The smallest absolute Gasteiger partial charge is 0.225 e. The van der Waals surface area contributed by atoms with Crippen LogP contribution in [-0.4, -0.2) is 31.4 Å². The van der Waals surface area contributed by atoms with Crippen molar-refractivity contribution in [2.24, 2.45) is 0 Å². The van der Waals surface area contributed by atoms with Crippen molar-refractivity contribution < 1.29 is 9.18 Å². The fraction of sp³-hybridized carbons (Fsp3) is 0.222. The number of benzene rings is 1. The molecule has 1 aromatic carbocycles. The first-order valence-corrected chi connectivity index (χ1v) is 9.18. The van der Waals surface area contributed by atoms with Crippen LogP contribution >= 0.6 is 11.8 Å². The summed E-state index contributed by atoms with van der Waals surface area (Å²) in [5, 5.41) is 11.8. The highest BCUT2D eigenvalue weighted by molar-refractivity contribution is 7.99. The van der Waals surface area contributed by atoms with Gasteiger partial charge in [0.1, 0.15) is 5.82 Å². The summed E-state index contributed by atoms with van der Waals surface area (Å²) in [5.41, 5.74) is 1.14. The number of aromatic nitrogens is 4. The summed E-state index contributed by atoms with van der Waals surface area (Å²) < 4.78 is 15.5. The standard InChI is InChI=1S/C18H18FN5OS/c1-2-24-17(13-7-10-20-11-8-13)22-23-18(24)26-12-9-16(25)21-15-6-4-3-5-14(15)19/h3-8,10-11H,2,9,12H2,1H3,(H,21,25). The number of carbonyl (C=O) groups excluding carboxylic acids is 1. The number of amides is 1. The number of halogens is 1. The molecule has 0 saturated heterocycles. The number of carbonyl (C=O) groups is 1. The Bertz CT molecular complexity index is 884. The average Bonchev–Trinajstić information content (AvgIpc) is 3.07. The zero-order chi connectivity index (χ0) is 18.4. The molecule has 0 spiro atoms. The minimum Gasteiger partial charge on any atom is -0.324 e. The predicted octanol–water partition coefficient (Wildman–Crippen LogP) is 3.62. The number of para-hydroxylation sites is 1. The highest BCUT2D eigenvalue weighted by Gasteiger charge is 2.14. The Morgan fingerprint density at radius 2 is 1.96 bits per heavy atom. The number of rotatable bonds is 7. The second-order valence-electron chi connectivity index (χ2n) is 5.41. The molecule has 0 unspecified atom stereocenters. The Hall–Kier alpha value is -2.74. The van der Waals surface area contributed by atoms with Gasteiger partial charge >= 0.3 is 0 Å². The zero-order valence-electron chi connectivity index (χ0n) is 14.2. The van der Waals surface area contributed by atoms with Crippen molar-refractivity contribution >= 4 is 23.4 Å². The Morgan fingerprint density at radius 3 is 2.69 bits per heavy atom. The van der Waals surface area contributed by atoms with E-state index in [1.807, 2.05) is 23.6 Å². The third-order valence-corrected chi connectivity index (χ3v) is 4.65. The largest absolute Gasteiger partial charge is 0.324 e. The summed E-state index contributed by atoms with van der Waals surface area (Å²) in [5.74, 6) is 0.614. The molecule has 3 aromatic rings. The molecule has 1 N–H and O–H groups in total. The molecule has 0 fully saturated rings. The van der Waals surface area contributed by atoms with Crippen molar-refractivity contribution in [1.82, 2.24) is 19.7 Å². The van der Waals surface area contributed by atoms with Crippen LogP contribution in [0.25, 0.3) is 11.4 Å². The van der Waals surface area contributed by atoms with Gasteiger partial charge in [-0.05, 0) is 31.2 Å². The van der Waals surface area contributed by atoms with Gasteiger partial charge in [-0.1, -0.05) is 23.9 Å². The fourth-order valence-electron chi connectivity index (χ4n) is 2.41. The number of nitrogens with one attached hydrogen (secondary N) is 1. The highest BCUT2D eigenvalue weighted by atomic mass is 32.2. The third-order valence-electron chi connectivity index (χ3n) is 3.68. The van der Waals surface area contributed by atoms with Crippen molar-refractivity contribution in [3.8, 4) is 11.4 Å². The SMILES string of the molecule is CCn1c(SCCC(=O)Nc2ccccc2F)nnc1-c1ccncc1. The van der Waals surface area contributed by atoms with Gasteiger partial charge in [-0.15, -0.1) is 10.2 Å². The van der Waals surface area contributed by atoms with Crippen molar-refractivity contribution in [3.63, 3.8) is 0 Å². The second kappa shape index (κ2) is 8.57. The molecular weight excluding hydrogens is 353 g/mol. The maximum absolute atomic E-state index is 13.6. The number of nitrogens with zero attached hydrogens (tertiary/aromatic N) is 4. The lowest BCUT2D eigenvalue weighted by atomic mass is 10.2. The van der Waals surface area contributed by atoms with Crippen LogP contribution in [0.3, 0.4) is 0 Å². The van der Waals surface area contributed by atoms with Gasteiger partial charge in [0.15, 0.2) is 11.0 Å². The Labute approximate surface area is 154 Å². The number of hydrogen-bond acceptors (Lipinski definition) is 5. The maximum atomic E-state index is 13.6. The summed E-state index contributed by atoms with van der Waals surface area (Å²) >= 11 is 1.45. The molecule has 2 heterocycles. The summed E-state index contributed by atoms with van der Waals surface area (Å²) in [6.07, 6.45) is 3.67. The molecule has 26 heavy (non-hydrogen) atoms. The van der Waals surface area contributed by atoms with Crippen LogP contribution in [0, 0.1) is 5.82 Å². The minimum atomic E-state index is -0.443. The predicted molar refractivity (Wildman–Crippen MR) is 99.3 cm³/mol. The van der Waals surface area contributed by atoms with E-state index >= 15 is 0 Å². The molecule has 2 aromatic heterocycles. The summed E-state index contributed by atoms with van der Waals surface area (Å²) in [6.45, 7) is 2.73. The number of hydrogen-bond donors (Lipinski definition) is 1. The van der Waals surface area contributed by atoms with E-state index in [0.29, 0.717) is 12.3 Å². The fourth-order valence-corrected chi connectivity index (χ4v) is 3.35. The first-order valence-electron chi connectivity index (χ1n) is 8.19.